The van der Waals surface area contributed by atoms with E-state index in [2.05, 4.69) is 53.4 Å². The number of guanidine groups is 1. The van der Waals surface area contributed by atoms with Gasteiger partial charge in [0.2, 0.25) is 0 Å². The van der Waals surface area contributed by atoms with Crippen molar-refractivity contribution in [1.29, 1.82) is 0 Å². The van der Waals surface area contributed by atoms with Crippen molar-refractivity contribution in [1.82, 2.24) is 20.7 Å². The lowest BCUT2D eigenvalue weighted by Crippen LogP contribution is -2.39. The number of aliphatic imine (C=N–C) groups is 1. The number of hydrogen-bond acceptors (Lipinski definition) is 4. The molecule has 0 spiro atoms. The molecule has 0 aliphatic carbocycles. The molecule has 0 saturated carbocycles. The van der Waals surface area contributed by atoms with Crippen LogP contribution in [0.4, 0.5) is 0 Å². The maximum Gasteiger partial charge on any atom is 0.191 e. The number of rotatable bonds is 8. The predicted octanol–water partition coefficient (Wildman–Crippen LogP) is 2.98. The number of likely N-dealkylation sites (tertiary alicyclic amines) is 1. The van der Waals surface area contributed by atoms with E-state index in [4.69, 9.17) is 4.52 Å². The summed E-state index contributed by atoms with van der Waals surface area (Å²) in [4.78, 5) is 7.16. The smallest absolute Gasteiger partial charge is 0.191 e. The molecular formula is C19H35N5O. The molecule has 0 amide bonds. The summed E-state index contributed by atoms with van der Waals surface area (Å²) in [5, 5.41) is 10.8. The van der Waals surface area contributed by atoms with Crippen LogP contribution in [0.1, 0.15) is 64.3 Å². The highest BCUT2D eigenvalue weighted by molar-refractivity contribution is 5.79. The van der Waals surface area contributed by atoms with Gasteiger partial charge in [-0.3, -0.25) is 0 Å². The minimum Gasteiger partial charge on any atom is -0.359 e. The van der Waals surface area contributed by atoms with Crippen LogP contribution in [0.2, 0.25) is 0 Å². The highest BCUT2D eigenvalue weighted by atomic mass is 16.5. The molecule has 0 bridgehead atoms. The second kappa shape index (κ2) is 10.4. The molecule has 0 unspecified atom stereocenters. The Morgan fingerprint density at radius 1 is 1.32 bits per heavy atom. The Morgan fingerprint density at radius 3 is 2.68 bits per heavy atom. The SMILES string of the molecule is CCNC(=NCc1cc(C(C)C)no1)NCCC1CCN(CC)CC1. The second-order valence-electron chi connectivity index (χ2n) is 7.16. The van der Waals surface area contributed by atoms with Crippen LogP contribution in [0.25, 0.3) is 0 Å². The van der Waals surface area contributed by atoms with Crippen molar-refractivity contribution in [2.24, 2.45) is 10.9 Å². The van der Waals surface area contributed by atoms with E-state index >= 15 is 0 Å². The van der Waals surface area contributed by atoms with Crippen molar-refractivity contribution in [3.63, 3.8) is 0 Å². The molecule has 0 atom stereocenters. The minimum atomic E-state index is 0.381. The van der Waals surface area contributed by atoms with Gasteiger partial charge in [0, 0.05) is 19.2 Å². The average molecular weight is 350 g/mol. The van der Waals surface area contributed by atoms with E-state index in [1.165, 1.54) is 38.9 Å². The normalized spacial score (nSPS) is 17.2. The van der Waals surface area contributed by atoms with Gasteiger partial charge >= 0.3 is 0 Å². The fraction of sp³-hybridized carbons (Fsp3) is 0.789. The fourth-order valence-corrected chi connectivity index (χ4v) is 3.16. The number of nitrogens with zero attached hydrogens (tertiary/aromatic N) is 3. The zero-order valence-electron chi connectivity index (χ0n) is 16.3. The number of nitrogens with one attached hydrogen (secondary N) is 2. The molecule has 0 aromatic carbocycles. The maximum absolute atomic E-state index is 5.36. The Morgan fingerprint density at radius 2 is 2.08 bits per heavy atom. The molecule has 6 nitrogen and oxygen atoms in total. The van der Waals surface area contributed by atoms with Gasteiger partial charge in [0.1, 0.15) is 6.54 Å². The van der Waals surface area contributed by atoms with Gasteiger partial charge in [0.05, 0.1) is 5.69 Å². The van der Waals surface area contributed by atoms with Crippen molar-refractivity contribution in [3.8, 4) is 0 Å². The molecule has 1 aromatic rings. The summed E-state index contributed by atoms with van der Waals surface area (Å²) in [5.74, 6) is 2.89. The monoisotopic (exact) mass is 349 g/mol. The molecular weight excluding hydrogens is 314 g/mol. The van der Waals surface area contributed by atoms with Crippen LogP contribution in [-0.2, 0) is 6.54 Å². The Kier molecular flexibility index (Phi) is 8.25. The third-order valence-corrected chi connectivity index (χ3v) is 4.91. The Balaban J connectivity index is 1.75. The Labute approximate surface area is 152 Å². The van der Waals surface area contributed by atoms with Crippen molar-refractivity contribution < 1.29 is 4.52 Å². The summed E-state index contributed by atoms with van der Waals surface area (Å²) < 4.78 is 5.36. The molecule has 2 heterocycles. The standard InChI is InChI=1S/C19H35N5O/c1-5-20-19(22-14-17-13-18(15(3)4)23-25-17)21-10-7-16-8-11-24(6-2)12-9-16/h13,15-16H,5-12,14H2,1-4H3,(H2,20,21,22). The van der Waals surface area contributed by atoms with Gasteiger partial charge in [-0.2, -0.15) is 0 Å². The molecule has 1 saturated heterocycles. The van der Waals surface area contributed by atoms with Crippen molar-refractivity contribution >= 4 is 5.96 Å². The maximum atomic E-state index is 5.36. The summed E-state index contributed by atoms with van der Waals surface area (Å²) >= 11 is 0. The van der Waals surface area contributed by atoms with Gasteiger partial charge in [0.25, 0.3) is 0 Å². The van der Waals surface area contributed by atoms with Gasteiger partial charge in [-0.05, 0) is 57.7 Å². The van der Waals surface area contributed by atoms with E-state index in [-0.39, 0.29) is 0 Å². The topological polar surface area (TPSA) is 65.7 Å². The van der Waals surface area contributed by atoms with Crippen LogP contribution >= 0.6 is 0 Å². The summed E-state index contributed by atoms with van der Waals surface area (Å²) in [6.07, 6.45) is 3.85. The first-order chi connectivity index (χ1) is 12.1. The quantitative estimate of drug-likeness (QED) is 0.558. The first kappa shape index (κ1) is 19.8. The van der Waals surface area contributed by atoms with Crippen LogP contribution in [0, 0.1) is 5.92 Å². The highest BCUT2D eigenvalue weighted by Crippen LogP contribution is 2.19. The van der Waals surface area contributed by atoms with E-state index in [0.29, 0.717) is 12.5 Å². The average Bonchev–Trinajstić information content (AvgIpc) is 3.09. The van der Waals surface area contributed by atoms with Gasteiger partial charge in [-0.1, -0.05) is 25.9 Å². The first-order valence-corrected chi connectivity index (χ1v) is 9.82. The molecule has 1 aliphatic heterocycles. The lowest BCUT2D eigenvalue weighted by molar-refractivity contribution is 0.187. The van der Waals surface area contributed by atoms with E-state index in [0.717, 1.165) is 36.4 Å². The molecule has 25 heavy (non-hydrogen) atoms. The van der Waals surface area contributed by atoms with Gasteiger partial charge in [-0.25, -0.2) is 4.99 Å². The minimum absolute atomic E-state index is 0.381. The van der Waals surface area contributed by atoms with Gasteiger partial charge < -0.3 is 20.1 Å². The molecule has 1 fully saturated rings. The molecule has 1 aliphatic rings. The second-order valence-corrected chi connectivity index (χ2v) is 7.16. The summed E-state index contributed by atoms with van der Waals surface area (Å²) in [6, 6.07) is 2.00. The van der Waals surface area contributed by atoms with E-state index in [1.54, 1.807) is 0 Å². The number of aromatic nitrogens is 1. The van der Waals surface area contributed by atoms with Crippen LogP contribution in [0.3, 0.4) is 0 Å². The third kappa shape index (κ3) is 6.69. The van der Waals surface area contributed by atoms with E-state index in [9.17, 15) is 0 Å². The van der Waals surface area contributed by atoms with Crippen LogP contribution < -0.4 is 10.6 Å². The molecule has 6 heteroatoms. The molecule has 0 radical (unpaired) electrons. The zero-order valence-corrected chi connectivity index (χ0v) is 16.3. The molecule has 2 rings (SSSR count). The lowest BCUT2D eigenvalue weighted by Gasteiger charge is -2.31. The molecule has 1 aromatic heterocycles. The van der Waals surface area contributed by atoms with Crippen molar-refractivity contribution in [2.75, 3.05) is 32.7 Å². The largest absolute Gasteiger partial charge is 0.359 e. The Hall–Kier alpha value is -1.56. The first-order valence-electron chi connectivity index (χ1n) is 9.82. The van der Waals surface area contributed by atoms with Crippen molar-refractivity contribution in [2.45, 2.75) is 59.4 Å². The highest BCUT2D eigenvalue weighted by Gasteiger charge is 2.17. The van der Waals surface area contributed by atoms with Crippen LogP contribution in [0.15, 0.2) is 15.6 Å². The summed E-state index contributed by atoms with van der Waals surface area (Å²) in [6.45, 7) is 14.6. The summed E-state index contributed by atoms with van der Waals surface area (Å²) in [7, 11) is 0. The van der Waals surface area contributed by atoms with Crippen molar-refractivity contribution in [3.05, 3.63) is 17.5 Å². The van der Waals surface area contributed by atoms with Gasteiger partial charge in [0.15, 0.2) is 11.7 Å². The third-order valence-electron chi connectivity index (χ3n) is 4.91. The van der Waals surface area contributed by atoms with Crippen LogP contribution in [-0.4, -0.2) is 48.7 Å². The van der Waals surface area contributed by atoms with Crippen LogP contribution in [0.5, 0.6) is 0 Å². The van der Waals surface area contributed by atoms with E-state index in [1.807, 2.05) is 6.07 Å². The molecule has 142 valence electrons. The fourth-order valence-electron chi connectivity index (χ4n) is 3.16. The number of piperidine rings is 1. The zero-order chi connectivity index (χ0) is 18.1. The summed E-state index contributed by atoms with van der Waals surface area (Å²) in [5.41, 5.74) is 0.988. The number of hydrogen-bond donors (Lipinski definition) is 2. The Bertz CT molecular complexity index is 518. The lowest BCUT2D eigenvalue weighted by atomic mass is 9.93. The molecule has 2 N–H and O–H groups in total. The van der Waals surface area contributed by atoms with Gasteiger partial charge in [-0.15, -0.1) is 0 Å². The predicted molar refractivity (Wildman–Crippen MR) is 103 cm³/mol. The van der Waals surface area contributed by atoms with E-state index < -0.39 is 0 Å².